The van der Waals surface area contributed by atoms with Crippen molar-refractivity contribution >= 4 is 5.97 Å². The highest BCUT2D eigenvalue weighted by atomic mass is 19.1. The lowest BCUT2D eigenvalue weighted by atomic mass is 9.95. The van der Waals surface area contributed by atoms with Crippen LogP contribution in [0.25, 0.3) is 17.2 Å². The third-order valence-corrected chi connectivity index (χ3v) is 5.12. The van der Waals surface area contributed by atoms with Crippen molar-refractivity contribution in [2.24, 2.45) is 0 Å². The zero-order chi connectivity index (χ0) is 20.5. The summed E-state index contributed by atoms with van der Waals surface area (Å²) >= 11 is 0. The average Bonchev–Trinajstić information content (AvgIpc) is 3.52. The number of carbonyl (C=O) groups is 1. The molecule has 1 aliphatic carbocycles. The van der Waals surface area contributed by atoms with Crippen LogP contribution < -0.4 is 0 Å². The summed E-state index contributed by atoms with van der Waals surface area (Å²) in [7, 11) is 0. The first kappa shape index (κ1) is 18.4. The first-order chi connectivity index (χ1) is 14.7. The van der Waals surface area contributed by atoms with Crippen molar-refractivity contribution < 1.29 is 22.9 Å². The molecule has 0 saturated carbocycles. The van der Waals surface area contributed by atoms with E-state index in [9.17, 15) is 9.18 Å². The molecule has 3 heterocycles. The number of fused-ring (bicyclic) bond motifs is 1. The molecular formula is C22H18FN3O4. The van der Waals surface area contributed by atoms with Gasteiger partial charge in [0.25, 0.3) is 0 Å². The van der Waals surface area contributed by atoms with E-state index in [1.54, 1.807) is 35.0 Å². The summed E-state index contributed by atoms with van der Waals surface area (Å²) < 4.78 is 31.0. The van der Waals surface area contributed by atoms with Gasteiger partial charge >= 0.3 is 5.97 Å². The highest BCUT2D eigenvalue weighted by Gasteiger charge is 2.27. The van der Waals surface area contributed by atoms with E-state index in [1.807, 2.05) is 0 Å². The van der Waals surface area contributed by atoms with Crippen LogP contribution in [0.2, 0.25) is 0 Å². The van der Waals surface area contributed by atoms with Crippen LogP contribution >= 0.6 is 0 Å². The summed E-state index contributed by atoms with van der Waals surface area (Å²) in [4.78, 5) is 12.8. The summed E-state index contributed by atoms with van der Waals surface area (Å²) in [6.07, 6.45) is 5.11. The number of hydrogen-bond donors (Lipinski definition) is 0. The fourth-order valence-corrected chi connectivity index (χ4v) is 3.68. The monoisotopic (exact) mass is 407 g/mol. The Kier molecular flexibility index (Phi) is 4.66. The molecule has 8 heteroatoms. The van der Waals surface area contributed by atoms with Gasteiger partial charge in [-0.3, -0.25) is 0 Å². The highest BCUT2D eigenvalue weighted by molar-refractivity contribution is 5.89. The Morgan fingerprint density at radius 2 is 1.97 bits per heavy atom. The number of rotatable bonds is 5. The van der Waals surface area contributed by atoms with Crippen LogP contribution in [0.3, 0.4) is 0 Å². The number of carbonyl (C=O) groups excluding carboxylic acids is 1. The van der Waals surface area contributed by atoms with Crippen LogP contribution in [0.1, 0.15) is 40.3 Å². The normalized spacial score (nSPS) is 13.2. The van der Waals surface area contributed by atoms with E-state index >= 15 is 0 Å². The molecule has 0 saturated heterocycles. The molecule has 0 bridgehead atoms. The quantitative estimate of drug-likeness (QED) is 0.453. The van der Waals surface area contributed by atoms with Crippen molar-refractivity contribution in [1.29, 1.82) is 0 Å². The maximum Gasteiger partial charge on any atom is 0.359 e. The molecule has 3 aromatic heterocycles. The fourth-order valence-electron chi connectivity index (χ4n) is 3.68. The van der Waals surface area contributed by atoms with Gasteiger partial charge in [-0.15, -0.1) is 0 Å². The summed E-state index contributed by atoms with van der Waals surface area (Å²) in [6, 6.07) is 11.2. The number of nitrogens with zero attached hydrogens (tertiary/aromatic N) is 3. The molecule has 4 aromatic rings. The van der Waals surface area contributed by atoms with E-state index < -0.39 is 5.97 Å². The van der Waals surface area contributed by atoms with E-state index in [4.69, 9.17) is 13.7 Å². The number of esters is 1. The Morgan fingerprint density at radius 3 is 2.77 bits per heavy atom. The Bertz CT molecular complexity index is 1180. The van der Waals surface area contributed by atoms with Crippen LogP contribution in [0.5, 0.6) is 0 Å². The van der Waals surface area contributed by atoms with Crippen molar-refractivity contribution in [2.45, 2.75) is 32.3 Å². The Balaban J connectivity index is 1.37. The van der Waals surface area contributed by atoms with Crippen LogP contribution in [-0.4, -0.2) is 20.9 Å². The van der Waals surface area contributed by atoms with Gasteiger partial charge in [0.1, 0.15) is 18.1 Å². The summed E-state index contributed by atoms with van der Waals surface area (Å²) in [5.74, 6) is 0.175. The van der Waals surface area contributed by atoms with Gasteiger partial charge in [0, 0.05) is 17.3 Å². The van der Waals surface area contributed by atoms with Crippen molar-refractivity contribution in [2.75, 3.05) is 0 Å². The molecule has 0 aliphatic heterocycles. The molecule has 7 nitrogen and oxygen atoms in total. The maximum absolute atomic E-state index is 13.3. The number of halogens is 1. The van der Waals surface area contributed by atoms with Gasteiger partial charge in [-0.1, -0.05) is 5.16 Å². The molecule has 0 spiro atoms. The van der Waals surface area contributed by atoms with E-state index in [0.717, 1.165) is 36.9 Å². The lowest BCUT2D eigenvalue weighted by molar-refractivity contribution is 0.0455. The van der Waals surface area contributed by atoms with Gasteiger partial charge in [0.15, 0.2) is 11.5 Å². The van der Waals surface area contributed by atoms with Crippen molar-refractivity contribution in [3.05, 3.63) is 77.2 Å². The maximum atomic E-state index is 13.3. The number of ether oxygens (including phenoxy) is 1. The Labute approximate surface area is 171 Å². The Morgan fingerprint density at radius 1 is 1.13 bits per heavy atom. The number of hydrogen-bond acceptors (Lipinski definition) is 6. The smallest absolute Gasteiger partial charge is 0.359 e. The SMILES string of the molecule is O=C(OCc1cc(-c2ccco2)on1)c1nn(-c2ccc(F)cc2)c2c1CCCC2. The molecule has 0 atom stereocenters. The van der Waals surface area contributed by atoms with Gasteiger partial charge in [-0.25, -0.2) is 13.9 Å². The lowest BCUT2D eigenvalue weighted by Crippen LogP contribution is -2.10. The van der Waals surface area contributed by atoms with Crippen LogP contribution in [-0.2, 0) is 24.2 Å². The lowest BCUT2D eigenvalue weighted by Gasteiger charge is -2.14. The van der Waals surface area contributed by atoms with E-state index in [1.165, 1.54) is 18.4 Å². The van der Waals surface area contributed by atoms with E-state index in [2.05, 4.69) is 10.3 Å². The minimum Gasteiger partial charge on any atom is -0.461 e. The Hall–Kier alpha value is -3.68. The standard InChI is InChI=1S/C22H18FN3O4/c23-14-7-9-16(10-8-14)26-18-5-2-1-4-17(18)21(24-26)22(27)29-13-15-12-20(30-25-15)19-6-3-11-28-19/h3,6-12H,1-2,4-5,13H2. The molecule has 0 fully saturated rings. The van der Waals surface area contributed by atoms with E-state index in [-0.39, 0.29) is 12.4 Å². The number of furan rings is 1. The summed E-state index contributed by atoms with van der Waals surface area (Å²) in [6.45, 7) is -0.0405. The first-order valence-electron chi connectivity index (χ1n) is 9.72. The molecular weight excluding hydrogens is 389 g/mol. The largest absolute Gasteiger partial charge is 0.461 e. The third kappa shape index (κ3) is 3.41. The topological polar surface area (TPSA) is 83.3 Å². The third-order valence-electron chi connectivity index (χ3n) is 5.12. The fraction of sp³-hybridized carbons (Fsp3) is 0.227. The molecule has 0 radical (unpaired) electrons. The van der Waals surface area contributed by atoms with Crippen LogP contribution in [0, 0.1) is 5.82 Å². The van der Waals surface area contributed by atoms with Crippen molar-refractivity contribution in [3.63, 3.8) is 0 Å². The zero-order valence-electron chi connectivity index (χ0n) is 16.0. The molecule has 152 valence electrons. The molecule has 0 amide bonds. The van der Waals surface area contributed by atoms with Crippen LogP contribution in [0.4, 0.5) is 4.39 Å². The summed E-state index contributed by atoms with van der Waals surface area (Å²) in [5, 5.41) is 8.42. The minimum absolute atomic E-state index is 0.0405. The van der Waals surface area contributed by atoms with Gasteiger partial charge < -0.3 is 13.7 Å². The van der Waals surface area contributed by atoms with Crippen LogP contribution in [0.15, 0.2) is 57.7 Å². The van der Waals surface area contributed by atoms with Crippen molar-refractivity contribution in [3.8, 4) is 17.2 Å². The van der Waals surface area contributed by atoms with E-state index in [0.29, 0.717) is 28.6 Å². The second kappa shape index (κ2) is 7.62. The minimum atomic E-state index is -0.517. The van der Waals surface area contributed by atoms with Gasteiger partial charge in [0.05, 0.1) is 12.0 Å². The molecule has 1 aliphatic rings. The second-order valence-electron chi connectivity index (χ2n) is 7.11. The zero-order valence-corrected chi connectivity index (χ0v) is 16.0. The molecule has 1 aromatic carbocycles. The van der Waals surface area contributed by atoms with Gasteiger partial charge in [0.2, 0.25) is 5.76 Å². The second-order valence-corrected chi connectivity index (χ2v) is 7.11. The first-order valence-corrected chi connectivity index (χ1v) is 9.72. The predicted molar refractivity (Wildman–Crippen MR) is 103 cm³/mol. The van der Waals surface area contributed by atoms with Crippen molar-refractivity contribution in [1.82, 2.24) is 14.9 Å². The molecule has 30 heavy (non-hydrogen) atoms. The van der Waals surface area contributed by atoms with Gasteiger partial charge in [-0.05, 0) is 62.1 Å². The van der Waals surface area contributed by atoms with Gasteiger partial charge in [-0.2, -0.15) is 5.10 Å². The summed E-state index contributed by atoms with van der Waals surface area (Å²) in [5.41, 5.74) is 3.35. The average molecular weight is 407 g/mol. The molecule has 5 rings (SSSR count). The number of benzene rings is 1. The molecule has 0 N–H and O–H groups in total. The molecule has 0 unspecified atom stereocenters. The number of aromatic nitrogens is 3. The predicted octanol–water partition coefficient (Wildman–Crippen LogP) is 4.50. The highest BCUT2D eigenvalue weighted by Crippen LogP contribution is 2.28.